The Morgan fingerprint density at radius 2 is 1.96 bits per heavy atom. The zero-order chi connectivity index (χ0) is 18.4. The molecule has 1 aliphatic rings. The fraction of sp³-hybridized carbons (Fsp3) is 0.412. The van der Waals surface area contributed by atoms with Crippen molar-refractivity contribution in [2.45, 2.75) is 26.1 Å². The average Bonchev–Trinajstić information content (AvgIpc) is 3.10. The van der Waals surface area contributed by atoms with Crippen molar-refractivity contribution in [3.05, 3.63) is 36.0 Å². The molecule has 3 rings (SSSR count). The number of carbonyl (C=O) groups excluding carboxylic acids is 1. The Morgan fingerprint density at radius 1 is 1.28 bits per heavy atom. The van der Waals surface area contributed by atoms with E-state index >= 15 is 0 Å². The number of fused-ring (bicyclic) bond motifs is 1. The third-order valence-corrected chi connectivity index (χ3v) is 4.89. The zero-order valence-corrected chi connectivity index (χ0v) is 13.5. The van der Waals surface area contributed by atoms with Crippen LogP contribution in [0.5, 0.6) is 0 Å². The summed E-state index contributed by atoms with van der Waals surface area (Å²) in [6.07, 6.45) is -5.52. The number of likely N-dealkylation sites (tertiary alicyclic amines) is 1. The molecule has 2 heterocycles. The molecule has 0 spiro atoms. The average molecular weight is 354 g/mol. The quantitative estimate of drug-likeness (QED) is 0.922. The number of aromatic nitrogens is 1. The molecule has 1 aromatic heterocycles. The summed E-state index contributed by atoms with van der Waals surface area (Å²) in [6, 6.07) is 9.29. The van der Waals surface area contributed by atoms with Crippen LogP contribution in [-0.4, -0.2) is 45.7 Å². The van der Waals surface area contributed by atoms with Gasteiger partial charge in [-0.2, -0.15) is 13.2 Å². The van der Waals surface area contributed by atoms with Crippen molar-refractivity contribution in [2.24, 2.45) is 5.41 Å². The highest BCUT2D eigenvalue weighted by atomic mass is 19.4. The number of carboxylic acid groups (broad SMARTS) is 1. The van der Waals surface area contributed by atoms with E-state index in [4.69, 9.17) is 5.11 Å². The molecule has 0 bridgehead atoms. The first kappa shape index (κ1) is 17.3. The Morgan fingerprint density at radius 3 is 2.56 bits per heavy atom. The number of benzene rings is 1. The van der Waals surface area contributed by atoms with Crippen molar-refractivity contribution >= 4 is 22.8 Å². The lowest BCUT2D eigenvalue weighted by Crippen LogP contribution is -2.48. The highest BCUT2D eigenvalue weighted by molar-refractivity contribution is 5.85. The number of aryl methyl sites for hydroxylation is 1. The van der Waals surface area contributed by atoms with E-state index in [0.29, 0.717) is 0 Å². The van der Waals surface area contributed by atoms with Gasteiger partial charge in [0.2, 0.25) is 5.91 Å². The monoisotopic (exact) mass is 354 g/mol. The molecule has 1 N–H and O–H groups in total. The summed E-state index contributed by atoms with van der Waals surface area (Å²) in [6.45, 7) is 0.632. The van der Waals surface area contributed by atoms with Crippen LogP contribution in [0.15, 0.2) is 30.3 Å². The predicted octanol–water partition coefficient (Wildman–Crippen LogP) is 2.82. The van der Waals surface area contributed by atoms with Gasteiger partial charge >= 0.3 is 12.1 Å². The molecule has 0 radical (unpaired) electrons. The minimum absolute atomic E-state index is 0.118. The SMILES string of the molecule is Cc1cc2ccccc2n1CC(=O)N1CCC(C(=O)O)(C(F)(F)F)C1. The molecule has 134 valence electrons. The van der Waals surface area contributed by atoms with E-state index in [1.165, 1.54) is 0 Å². The third kappa shape index (κ3) is 2.75. The van der Waals surface area contributed by atoms with Crippen LogP contribution in [0.4, 0.5) is 13.2 Å². The maximum Gasteiger partial charge on any atom is 0.406 e. The number of hydrogen-bond donors (Lipinski definition) is 1. The van der Waals surface area contributed by atoms with E-state index in [0.717, 1.165) is 21.5 Å². The summed E-state index contributed by atoms with van der Waals surface area (Å²) >= 11 is 0. The van der Waals surface area contributed by atoms with Crippen molar-refractivity contribution < 1.29 is 27.9 Å². The van der Waals surface area contributed by atoms with Crippen molar-refractivity contribution in [1.29, 1.82) is 0 Å². The van der Waals surface area contributed by atoms with Crippen LogP contribution in [-0.2, 0) is 16.1 Å². The third-order valence-electron chi connectivity index (χ3n) is 4.89. The maximum atomic E-state index is 13.2. The number of amides is 1. The number of rotatable bonds is 3. The number of para-hydroxylation sites is 1. The van der Waals surface area contributed by atoms with Crippen LogP contribution in [0, 0.1) is 12.3 Å². The standard InChI is InChI=1S/C17H17F3N2O3/c1-11-8-12-4-2-3-5-13(12)22(11)9-14(23)21-7-6-16(10-21,15(24)25)17(18,19)20/h2-5,8H,6-7,9-10H2,1H3,(H,24,25). The Kier molecular flexibility index (Phi) is 4.01. The van der Waals surface area contributed by atoms with Gasteiger partial charge in [-0.3, -0.25) is 9.59 Å². The normalized spacial score (nSPS) is 21.0. The van der Waals surface area contributed by atoms with Crippen molar-refractivity contribution in [2.75, 3.05) is 13.1 Å². The Balaban J connectivity index is 1.83. The number of alkyl halides is 3. The second-order valence-electron chi connectivity index (χ2n) is 6.38. The molecule has 8 heteroatoms. The van der Waals surface area contributed by atoms with E-state index in [1.54, 1.807) is 4.57 Å². The number of nitrogens with zero attached hydrogens (tertiary/aromatic N) is 2. The van der Waals surface area contributed by atoms with Crippen LogP contribution in [0.1, 0.15) is 12.1 Å². The molecule has 5 nitrogen and oxygen atoms in total. The Hall–Kier alpha value is -2.51. The summed E-state index contributed by atoms with van der Waals surface area (Å²) in [7, 11) is 0. The second kappa shape index (κ2) is 5.79. The molecular formula is C17H17F3N2O3. The van der Waals surface area contributed by atoms with E-state index in [-0.39, 0.29) is 13.1 Å². The topological polar surface area (TPSA) is 62.5 Å². The first-order valence-corrected chi connectivity index (χ1v) is 7.78. The Labute approximate surface area is 141 Å². The van der Waals surface area contributed by atoms with Crippen LogP contribution in [0.3, 0.4) is 0 Å². The minimum Gasteiger partial charge on any atom is -0.481 e. The van der Waals surface area contributed by atoms with Crippen molar-refractivity contribution in [1.82, 2.24) is 9.47 Å². The van der Waals surface area contributed by atoms with Gasteiger partial charge in [-0.25, -0.2) is 0 Å². The smallest absolute Gasteiger partial charge is 0.406 e. The summed E-state index contributed by atoms with van der Waals surface area (Å²) in [5, 5.41) is 10.0. The molecule has 1 atom stereocenters. The molecule has 0 saturated carbocycles. The van der Waals surface area contributed by atoms with Crippen LogP contribution >= 0.6 is 0 Å². The number of carboxylic acids is 1. The van der Waals surface area contributed by atoms with Gasteiger partial charge in [0.1, 0.15) is 6.54 Å². The van der Waals surface area contributed by atoms with Crippen molar-refractivity contribution in [3.63, 3.8) is 0 Å². The van der Waals surface area contributed by atoms with Crippen LogP contribution < -0.4 is 0 Å². The lowest BCUT2D eigenvalue weighted by Gasteiger charge is -2.27. The molecule has 1 amide bonds. The first-order valence-electron chi connectivity index (χ1n) is 7.78. The predicted molar refractivity (Wildman–Crippen MR) is 84.0 cm³/mol. The van der Waals surface area contributed by atoms with Crippen LogP contribution in [0.2, 0.25) is 0 Å². The molecule has 1 fully saturated rings. The van der Waals surface area contributed by atoms with Gasteiger partial charge in [-0.15, -0.1) is 0 Å². The van der Waals surface area contributed by atoms with Crippen LogP contribution in [0.25, 0.3) is 10.9 Å². The molecular weight excluding hydrogens is 337 g/mol. The van der Waals surface area contributed by atoms with E-state index < -0.39 is 36.4 Å². The number of hydrogen-bond acceptors (Lipinski definition) is 2. The fourth-order valence-electron chi connectivity index (χ4n) is 3.34. The maximum absolute atomic E-state index is 13.2. The van der Waals surface area contributed by atoms with E-state index in [9.17, 15) is 22.8 Å². The minimum atomic E-state index is -4.90. The molecule has 25 heavy (non-hydrogen) atoms. The summed E-state index contributed by atoms with van der Waals surface area (Å²) < 4.78 is 41.4. The van der Waals surface area contributed by atoms with Gasteiger partial charge in [0, 0.05) is 24.3 Å². The second-order valence-corrected chi connectivity index (χ2v) is 6.38. The molecule has 0 aliphatic carbocycles. The molecule has 2 aromatic rings. The highest BCUT2D eigenvalue weighted by Gasteiger charge is 2.64. The lowest BCUT2D eigenvalue weighted by molar-refractivity contribution is -0.227. The van der Waals surface area contributed by atoms with Gasteiger partial charge in [-0.1, -0.05) is 18.2 Å². The first-order chi connectivity index (χ1) is 11.7. The zero-order valence-electron chi connectivity index (χ0n) is 13.5. The number of carbonyl (C=O) groups is 2. The fourth-order valence-corrected chi connectivity index (χ4v) is 3.34. The number of halogens is 3. The van der Waals surface area contributed by atoms with Gasteiger partial charge in [0.15, 0.2) is 5.41 Å². The lowest BCUT2D eigenvalue weighted by atomic mass is 9.86. The van der Waals surface area contributed by atoms with Gasteiger partial charge < -0.3 is 14.6 Å². The Bertz CT molecular complexity index is 843. The summed E-state index contributed by atoms with van der Waals surface area (Å²) in [5.41, 5.74) is -1.25. The van der Waals surface area contributed by atoms with Gasteiger partial charge in [-0.05, 0) is 30.9 Å². The van der Waals surface area contributed by atoms with Gasteiger partial charge in [0.25, 0.3) is 0 Å². The van der Waals surface area contributed by atoms with Crippen molar-refractivity contribution in [3.8, 4) is 0 Å². The molecule has 1 aliphatic heterocycles. The van der Waals surface area contributed by atoms with E-state index in [2.05, 4.69) is 0 Å². The largest absolute Gasteiger partial charge is 0.481 e. The van der Waals surface area contributed by atoms with Gasteiger partial charge in [0.05, 0.1) is 0 Å². The molecule has 1 unspecified atom stereocenters. The molecule has 1 saturated heterocycles. The number of aliphatic carboxylic acids is 1. The molecule has 1 aromatic carbocycles. The highest BCUT2D eigenvalue weighted by Crippen LogP contribution is 2.45. The summed E-state index contributed by atoms with van der Waals surface area (Å²) in [4.78, 5) is 24.7. The van der Waals surface area contributed by atoms with E-state index in [1.807, 2.05) is 37.3 Å². The summed E-state index contributed by atoms with van der Waals surface area (Å²) in [5.74, 6) is -2.45.